The number of nitrogens with one attached hydrogen (secondary N) is 2. The van der Waals surface area contributed by atoms with Crippen LogP contribution in [-0.4, -0.2) is 18.5 Å². The number of hydrogen-bond donors (Lipinski definition) is 2. The molecule has 1 aliphatic carbocycles. The van der Waals surface area contributed by atoms with Gasteiger partial charge in [-0.05, 0) is 30.5 Å². The molecule has 0 aromatic heterocycles. The van der Waals surface area contributed by atoms with E-state index in [1.54, 1.807) is 0 Å². The first-order valence-electron chi connectivity index (χ1n) is 6.98. The highest BCUT2D eigenvalue weighted by Gasteiger charge is 2.16. The third-order valence-corrected chi connectivity index (χ3v) is 3.74. The van der Waals surface area contributed by atoms with Gasteiger partial charge in [0.2, 0.25) is 5.91 Å². The summed E-state index contributed by atoms with van der Waals surface area (Å²) in [5, 5.41) is 7.11. The number of hydrogen-bond acceptors (Lipinski definition) is 2. The molecule has 3 nitrogen and oxygen atoms in total. The highest BCUT2D eigenvalue weighted by molar-refractivity contribution is 6.30. The van der Waals surface area contributed by atoms with Gasteiger partial charge in [-0.25, -0.2) is 0 Å². The molecule has 104 valence electrons. The van der Waals surface area contributed by atoms with E-state index in [9.17, 15) is 4.79 Å². The molecular formula is C15H21ClN2O. The molecule has 0 atom stereocenters. The molecule has 0 aliphatic heterocycles. The summed E-state index contributed by atoms with van der Waals surface area (Å²) >= 11 is 5.82. The molecule has 2 N–H and O–H groups in total. The van der Waals surface area contributed by atoms with Crippen molar-refractivity contribution in [2.24, 2.45) is 0 Å². The first kappa shape index (κ1) is 14.4. The topological polar surface area (TPSA) is 41.1 Å². The fourth-order valence-corrected chi connectivity index (χ4v) is 2.53. The maximum absolute atomic E-state index is 11.7. The van der Waals surface area contributed by atoms with E-state index in [1.165, 1.54) is 18.4 Å². The number of benzene rings is 1. The summed E-state index contributed by atoms with van der Waals surface area (Å²) in [6.07, 6.45) is 5.33. The van der Waals surface area contributed by atoms with Gasteiger partial charge in [-0.15, -0.1) is 0 Å². The van der Waals surface area contributed by atoms with Crippen LogP contribution in [-0.2, 0) is 11.3 Å². The van der Waals surface area contributed by atoms with E-state index in [4.69, 9.17) is 11.6 Å². The molecule has 1 amide bonds. The largest absolute Gasteiger partial charge is 0.353 e. The lowest BCUT2D eigenvalue weighted by Gasteiger charge is -2.12. The fraction of sp³-hybridized carbons (Fsp3) is 0.533. The Morgan fingerprint density at radius 2 is 1.89 bits per heavy atom. The maximum atomic E-state index is 11.7. The van der Waals surface area contributed by atoms with Crippen molar-refractivity contribution in [3.05, 3.63) is 34.9 Å². The van der Waals surface area contributed by atoms with E-state index in [2.05, 4.69) is 10.6 Å². The number of rotatable bonds is 6. The molecule has 4 heteroatoms. The van der Waals surface area contributed by atoms with Crippen molar-refractivity contribution in [3.63, 3.8) is 0 Å². The third-order valence-electron chi connectivity index (χ3n) is 3.49. The average molecular weight is 281 g/mol. The summed E-state index contributed by atoms with van der Waals surface area (Å²) in [6, 6.07) is 8.17. The quantitative estimate of drug-likeness (QED) is 0.787. The highest BCUT2D eigenvalue weighted by atomic mass is 35.5. The van der Waals surface area contributed by atoms with Crippen molar-refractivity contribution in [1.29, 1.82) is 0 Å². The SMILES string of the molecule is O=C(CCNCc1ccc(Cl)cc1)NC1CCCC1. The molecule has 1 fully saturated rings. The zero-order valence-corrected chi connectivity index (χ0v) is 11.9. The summed E-state index contributed by atoms with van der Waals surface area (Å²) in [5.41, 5.74) is 1.18. The monoisotopic (exact) mass is 280 g/mol. The van der Waals surface area contributed by atoms with Crippen molar-refractivity contribution in [2.75, 3.05) is 6.54 Å². The van der Waals surface area contributed by atoms with Gasteiger partial charge in [0.05, 0.1) is 0 Å². The molecular weight excluding hydrogens is 260 g/mol. The number of amides is 1. The van der Waals surface area contributed by atoms with E-state index < -0.39 is 0 Å². The van der Waals surface area contributed by atoms with Crippen LogP contribution in [0.25, 0.3) is 0 Å². The molecule has 0 unspecified atom stereocenters. The van der Waals surface area contributed by atoms with Crippen LogP contribution in [0.1, 0.15) is 37.7 Å². The first-order valence-corrected chi connectivity index (χ1v) is 7.36. The standard InChI is InChI=1S/C15H21ClN2O/c16-13-7-5-12(6-8-13)11-17-10-9-15(19)18-14-3-1-2-4-14/h5-8,14,17H,1-4,9-11H2,(H,18,19). The van der Waals surface area contributed by atoms with Gasteiger partial charge in [0.1, 0.15) is 0 Å². The summed E-state index contributed by atoms with van der Waals surface area (Å²) in [7, 11) is 0. The molecule has 1 aromatic rings. The zero-order chi connectivity index (χ0) is 13.5. The Balaban J connectivity index is 1.58. The smallest absolute Gasteiger partial charge is 0.221 e. The summed E-state index contributed by atoms with van der Waals surface area (Å²) < 4.78 is 0. The molecule has 0 radical (unpaired) electrons. The third kappa shape index (κ3) is 5.21. The lowest BCUT2D eigenvalue weighted by Crippen LogP contribution is -2.34. The Labute approximate surface area is 119 Å². The highest BCUT2D eigenvalue weighted by Crippen LogP contribution is 2.17. The van der Waals surface area contributed by atoms with Gasteiger partial charge in [0.25, 0.3) is 0 Å². The predicted molar refractivity (Wildman–Crippen MR) is 78.2 cm³/mol. The molecule has 1 saturated carbocycles. The Bertz CT molecular complexity index is 399. The maximum Gasteiger partial charge on any atom is 0.221 e. The van der Waals surface area contributed by atoms with Gasteiger partial charge in [-0.1, -0.05) is 36.6 Å². The van der Waals surface area contributed by atoms with Gasteiger partial charge in [-0.2, -0.15) is 0 Å². The minimum atomic E-state index is 0.163. The molecule has 1 aliphatic rings. The lowest BCUT2D eigenvalue weighted by molar-refractivity contribution is -0.121. The second kappa shape index (κ2) is 7.51. The van der Waals surface area contributed by atoms with Gasteiger partial charge in [0.15, 0.2) is 0 Å². The van der Waals surface area contributed by atoms with Crippen LogP contribution >= 0.6 is 11.6 Å². The summed E-state index contributed by atoms with van der Waals surface area (Å²) in [6.45, 7) is 1.48. The predicted octanol–water partition coefficient (Wildman–Crippen LogP) is 2.88. The van der Waals surface area contributed by atoms with Gasteiger partial charge < -0.3 is 10.6 Å². The van der Waals surface area contributed by atoms with E-state index in [0.717, 1.165) is 24.4 Å². The van der Waals surface area contributed by atoms with E-state index in [-0.39, 0.29) is 5.91 Å². The summed E-state index contributed by atoms with van der Waals surface area (Å²) in [4.78, 5) is 11.7. The zero-order valence-electron chi connectivity index (χ0n) is 11.1. The molecule has 1 aromatic carbocycles. The van der Waals surface area contributed by atoms with Crippen LogP contribution in [0.4, 0.5) is 0 Å². The van der Waals surface area contributed by atoms with Gasteiger partial charge >= 0.3 is 0 Å². The van der Waals surface area contributed by atoms with Crippen molar-refractivity contribution in [2.45, 2.75) is 44.7 Å². The van der Waals surface area contributed by atoms with E-state index in [1.807, 2.05) is 24.3 Å². The molecule has 0 heterocycles. The molecule has 2 rings (SSSR count). The minimum Gasteiger partial charge on any atom is -0.353 e. The Hall–Kier alpha value is -1.06. The van der Waals surface area contributed by atoms with E-state index in [0.29, 0.717) is 19.0 Å². The van der Waals surface area contributed by atoms with Gasteiger partial charge in [-0.3, -0.25) is 4.79 Å². The summed E-state index contributed by atoms with van der Waals surface area (Å²) in [5.74, 6) is 0.163. The second-order valence-corrected chi connectivity index (χ2v) is 5.54. The van der Waals surface area contributed by atoms with Crippen LogP contribution < -0.4 is 10.6 Å². The van der Waals surface area contributed by atoms with Crippen LogP contribution in [0.15, 0.2) is 24.3 Å². The van der Waals surface area contributed by atoms with Crippen LogP contribution in [0, 0.1) is 0 Å². The molecule has 0 saturated heterocycles. The Kier molecular flexibility index (Phi) is 5.67. The van der Waals surface area contributed by atoms with Crippen molar-refractivity contribution in [3.8, 4) is 0 Å². The average Bonchev–Trinajstić information content (AvgIpc) is 2.89. The second-order valence-electron chi connectivity index (χ2n) is 5.10. The number of carbonyl (C=O) groups is 1. The normalized spacial score (nSPS) is 15.6. The van der Waals surface area contributed by atoms with Crippen molar-refractivity contribution in [1.82, 2.24) is 10.6 Å². The first-order chi connectivity index (χ1) is 9.24. The van der Waals surface area contributed by atoms with E-state index >= 15 is 0 Å². The molecule has 0 spiro atoms. The van der Waals surface area contributed by atoms with Crippen LogP contribution in [0.2, 0.25) is 5.02 Å². The fourth-order valence-electron chi connectivity index (χ4n) is 2.41. The minimum absolute atomic E-state index is 0.163. The molecule has 0 bridgehead atoms. The van der Waals surface area contributed by atoms with Crippen LogP contribution in [0.3, 0.4) is 0 Å². The molecule has 19 heavy (non-hydrogen) atoms. The van der Waals surface area contributed by atoms with Gasteiger partial charge in [0, 0.05) is 30.6 Å². The lowest BCUT2D eigenvalue weighted by atomic mass is 10.2. The van der Waals surface area contributed by atoms with Crippen molar-refractivity contribution < 1.29 is 4.79 Å². The number of halogens is 1. The van der Waals surface area contributed by atoms with Crippen LogP contribution in [0.5, 0.6) is 0 Å². The Morgan fingerprint density at radius 1 is 1.21 bits per heavy atom. The Morgan fingerprint density at radius 3 is 2.58 bits per heavy atom. The van der Waals surface area contributed by atoms with Crippen molar-refractivity contribution >= 4 is 17.5 Å². The number of carbonyl (C=O) groups excluding carboxylic acids is 1.